The Morgan fingerprint density at radius 3 is 2.50 bits per heavy atom. The third-order valence-electron chi connectivity index (χ3n) is 6.35. The van der Waals surface area contributed by atoms with Gasteiger partial charge in [0.05, 0.1) is 29.6 Å². The smallest absolute Gasteiger partial charge is 0.218 e. The molecule has 8 nitrogen and oxygen atoms in total. The molecule has 8 heteroatoms. The van der Waals surface area contributed by atoms with Gasteiger partial charge in [0.2, 0.25) is 5.88 Å². The van der Waals surface area contributed by atoms with Gasteiger partial charge in [0.15, 0.2) is 0 Å². The van der Waals surface area contributed by atoms with Crippen molar-refractivity contribution in [2.45, 2.75) is 83.1 Å². The highest BCUT2D eigenvalue weighted by atomic mass is 16.5. The summed E-state index contributed by atoms with van der Waals surface area (Å²) in [6.45, 7) is 7.67. The molecule has 1 saturated heterocycles. The Morgan fingerprint density at radius 2 is 1.79 bits per heavy atom. The molecule has 34 heavy (non-hydrogen) atoms. The van der Waals surface area contributed by atoms with Crippen LogP contribution in [0.4, 0.5) is 11.5 Å². The van der Waals surface area contributed by atoms with Crippen LogP contribution in [-0.4, -0.2) is 37.1 Å². The van der Waals surface area contributed by atoms with Gasteiger partial charge in [-0.1, -0.05) is 0 Å². The van der Waals surface area contributed by atoms with E-state index in [9.17, 15) is 5.11 Å². The van der Waals surface area contributed by atoms with Gasteiger partial charge in [0, 0.05) is 36.1 Å². The number of hydrogen-bond acceptors (Lipinski definition) is 7. The summed E-state index contributed by atoms with van der Waals surface area (Å²) in [5, 5.41) is 18.5. The molecule has 0 unspecified atom stereocenters. The Bertz CT molecular complexity index is 1140. The molecule has 4 heterocycles. The summed E-state index contributed by atoms with van der Waals surface area (Å²) in [5.41, 5.74) is 1.47. The van der Waals surface area contributed by atoms with Crippen molar-refractivity contribution in [1.29, 1.82) is 0 Å². The number of pyridine rings is 2. The quantitative estimate of drug-likeness (QED) is 0.482. The van der Waals surface area contributed by atoms with E-state index in [-0.39, 0.29) is 18.2 Å². The Hall–Kier alpha value is -2.97. The summed E-state index contributed by atoms with van der Waals surface area (Å²) in [5.74, 6) is 2.64. The zero-order chi connectivity index (χ0) is 23.9. The van der Waals surface area contributed by atoms with Gasteiger partial charge in [-0.15, -0.1) is 0 Å². The molecular formula is C26H33N5O3. The molecule has 3 aromatic heterocycles. The molecule has 0 spiro atoms. The number of aromatic nitrogens is 4. The summed E-state index contributed by atoms with van der Waals surface area (Å²) >= 11 is 0. The Morgan fingerprint density at radius 1 is 1.06 bits per heavy atom. The average molecular weight is 464 g/mol. The topological polar surface area (TPSA) is 94.3 Å². The van der Waals surface area contributed by atoms with E-state index in [1.165, 1.54) is 12.8 Å². The molecule has 3 aromatic rings. The van der Waals surface area contributed by atoms with Crippen LogP contribution in [0.25, 0.3) is 0 Å². The van der Waals surface area contributed by atoms with Crippen molar-refractivity contribution in [2.75, 3.05) is 5.32 Å². The Labute approximate surface area is 200 Å². The van der Waals surface area contributed by atoms with Gasteiger partial charge in [0.25, 0.3) is 0 Å². The maximum absolute atomic E-state index is 10.3. The lowest BCUT2D eigenvalue weighted by molar-refractivity contribution is -0.0514. The molecule has 0 radical (unpaired) electrons. The fraction of sp³-hybridized carbons (Fsp3) is 0.500. The lowest BCUT2D eigenvalue weighted by Crippen LogP contribution is -2.31. The van der Waals surface area contributed by atoms with Gasteiger partial charge >= 0.3 is 0 Å². The highest BCUT2D eigenvalue weighted by molar-refractivity contribution is 5.57. The summed E-state index contributed by atoms with van der Waals surface area (Å²) in [7, 11) is 0. The number of rotatable bonds is 7. The summed E-state index contributed by atoms with van der Waals surface area (Å²) in [4.78, 5) is 8.69. The van der Waals surface area contributed by atoms with Crippen molar-refractivity contribution >= 4 is 11.5 Å². The van der Waals surface area contributed by atoms with E-state index in [0.29, 0.717) is 23.2 Å². The van der Waals surface area contributed by atoms with Crippen LogP contribution in [0, 0.1) is 0 Å². The molecular weight excluding hydrogens is 430 g/mol. The maximum Gasteiger partial charge on any atom is 0.218 e. The average Bonchev–Trinajstić information content (AvgIpc) is 3.53. The van der Waals surface area contributed by atoms with Crippen molar-refractivity contribution in [3.05, 3.63) is 54.1 Å². The molecule has 5 rings (SSSR count). The molecule has 3 atom stereocenters. The van der Waals surface area contributed by atoms with Crippen LogP contribution in [0.15, 0.2) is 42.7 Å². The molecule has 1 saturated carbocycles. The predicted octanol–water partition coefficient (Wildman–Crippen LogP) is 5.44. The van der Waals surface area contributed by atoms with Crippen LogP contribution >= 0.6 is 0 Å². The minimum atomic E-state index is -1.02. The zero-order valence-corrected chi connectivity index (χ0v) is 20.2. The van der Waals surface area contributed by atoms with Crippen LogP contribution in [-0.2, 0) is 10.3 Å². The third-order valence-corrected chi connectivity index (χ3v) is 6.35. The van der Waals surface area contributed by atoms with E-state index < -0.39 is 5.60 Å². The zero-order valence-electron chi connectivity index (χ0n) is 20.2. The van der Waals surface area contributed by atoms with Gasteiger partial charge in [-0.05, 0) is 71.6 Å². The number of nitrogens with zero attached hydrogens (tertiary/aromatic N) is 4. The van der Waals surface area contributed by atoms with E-state index in [4.69, 9.17) is 14.6 Å². The van der Waals surface area contributed by atoms with Crippen LogP contribution in [0.2, 0.25) is 0 Å². The summed E-state index contributed by atoms with van der Waals surface area (Å²) < 4.78 is 14.4. The SMILES string of the molecule is C[C@@H]1C[C@@H](n2nc(C3CC3)cc2Oc2ccnc(Nc3ccnc(C(C)(C)O)c3)c2)C[C@H](C)O1. The molecule has 180 valence electrons. The number of hydrogen-bond donors (Lipinski definition) is 2. The van der Waals surface area contributed by atoms with Gasteiger partial charge in [0.1, 0.15) is 17.2 Å². The lowest BCUT2D eigenvalue weighted by Gasteiger charge is -2.32. The molecule has 0 aromatic carbocycles. The fourth-order valence-corrected chi connectivity index (χ4v) is 4.54. The van der Waals surface area contributed by atoms with Crippen LogP contribution in [0.5, 0.6) is 11.6 Å². The van der Waals surface area contributed by atoms with E-state index in [2.05, 4.69) is 39.9 Å². The first-order valence-electron chi connectivity index (χ1n) is 12.1. The summed E-state index contributed by atoms with van der Waals surface area (Å²) in [6, 6.07) is 9.72. The van der Waals surface area contributed by atoms with Crippen LogP contribution < -0.4 is 10.1 Å². The van der Waals surface area contributed by atoms with Gasteiger partial charge < -0.3 is 19.9 Å². The number of aliphatic hydroxyl groups is 1. The third kappa shape index (κ3) is 5.23. The van der Waals surface area contributed by atoms with Crippen molar-refractivity contribution in [3.8, 4) is 11.6 Å². The first-order valence-corrected chi connectivity index (χ1v) is 12.1. The number of anilines is 2. The Kier molecular flexibility index (Phi) is 6.04. The predicted molar refractivity (Wildman–Crippen MR) is 130 cm³/mol. The van der Waals surface area contributed by atoms with Gasteiger partial charge in [-0.2, -0.15) is 5.10 Å². The lowest BCUT2D eigenvalue weighted by atomic mass is 10.0. The van der Waals surface area contributed by atoms with Crippen molar-refractivity contribution in [1.82, 2.24) is 19.7 Å². The van der Waals surface area contributed by atoms with Gasteiger partial charge in [-0.25, -0.2) is 9.67 Å². The van der Waals surface area contributed by atoms with Gasteiger partial charge in [-0.3, -0.25) is 4.98 Å². The first-order chi connectivity index (χ1) is 16.2. The highest BCUT2D eigenvalue weighted by Gasteiger charge is 2.32. The molecule has 0 amide bonds. The van der Waals surface area contributed by atoms with E-state index in [1.807, 2.05) is 24.3 Å². The molecule has 2 aliphatic rings. The monoisotopic (exact) mass is 463 g/mol. The Balaban J connectivity index is 1.37. The molecule has 1 aliphatic heterocycles. The molecule has 2 N–H and O–H groups in total. The summed E-state index contributed by atoms with van der Waals surface area (Å²) in [6.07, 6.45) is 8.00. The normalized spacial score (nSPS) is 23.0. The van der Waals surface area contributed by atoms with E-state index in [0.717, 1.165) is 30.1 Å². The van der Waals surface area contributed by atoms with E-state index in [1.54, 1.807) is 26.2 Å². The number of ether oxygens (including phenoxy) is 2. The standard InChI is InChI=1S/C26H33N5O3/c1-16-11-20(12-17(2)33-16)31-25(15-22(30-31)18-5-6-18)34-21-8-10-28-24(14-21)29-19-7-9-27-23(13-19)26(3,4)32/h7-10,13-18,20,32H,5-6,11-12H2,1-4H3,(H,27,28,29)/t16-,17+,20-. The van der Waals surface area contributed by atoms with Crippen molar-refractivity contribution in [3.63, 3.8) is 0 Å². The minimum Gasteiger partial charge on any atom is -0.439 e. The van der Waals surface area contributed by atoms with E-state index >= 15 is 0 Å². The fourth-order valence-electron chi connectivity index (χ4n) is 4.54. The number of nitrogens with one attached hydrogen (secondary N) is 1. The highest BCUT2D eigenvalue weighted by Crippen LogP contribution is 2.43. The molecule has 1 aliphatic carbocycles. The van der Waals surface area contributed by atoms with Crippen LogP contribution in [0.3, 0.4) is 0 Å². The second kappa shape index (κ2) is 9.00. The molecule has 2 fully saturated rings. The van der Waals surface area contributed by atoms with Crippen molar-refractivity contribution < 1.29 is 14.6 Å². The first kappa shape index (κ1) is 22.8. The molecule has 0 bridgehead atoms. The second-order valence-corrected chi connectivity index (χ2v) is 10.1. The second-order valence-electron chi connectivity index (χ2n) is 10.1. The van der Waals surface area contributed by atoms with Crippen molar-refractivity contribution in [2.24, 2.45) is 0 Å². The largest absolute Gasteiger partial charge is 0.439 e. The maximum atomic E-state index is 10.3. The van der Waals surface area contributed by atoms with Crippen LogP contribution in [0.1, 0.15) is 76.7 Å². The minimum absolute atomic E-state index is 0.195.